The van der Waals surface area contributed by atoms with E-state index >= 15 is 0 Å². The van der Waals surface area contributed by atoms with Crippen LogP contribution in [0.1, 0.15) is 24.1 Å². The summed E-state index contributed by atoms with van der Waals surface area (Å²) in [4.78, 5) is 28.6. The van der Waals surface area contributed by atoms with Crippen LogP contribution in [-0.2, 0) is 11.3 Å². The molecule has 7 heteroatoms. The number of carbonyl (C=O) groups is 2. The number of hydrogen-bond donors (Lipinski definition) is 2. The van der Waals surface area contributed by atoms with Crippen molar-refractivity contribution in [2.45, 2.75) is 19.5 Å². The average Bonchev–Trinajstić information content (AvgIpc) is 2.74. The molecule has 3 amide bonds. The second kappa shape index (κ2) is 10.4. The van der Waals surface area contributed by atoms with Gasteiger partial charge in [-0.15, -0.1) is 0 Å². The molecule has 0 spiro atoms. The van der Waals surface area contributed by atoms with Crippen LogP contribution in [0, 0.1) is 0 Å². The Morgan fingerprint density at radius 3 is 2.31 bits per heavy atom. The zero-order valence-corrected chi connectivity index (χ0v) is 18.2. The largest absolute Gasteiger partial charge is 0.351 e. The van der Waals surface area contributed by atoms with Crippen molar-refractivity contribution in [2.75, 3.05) is 32.7 Å². The molecule has 6 nitrogen and oxygen atoms in total. The van der Waals surface area contributed by atoms with Gasteiger partial charge in [0.15, 0.2) is 0 Å². The third-order valence-corrected chi connectivity index (χ3v) is 5.60. The lowest BCUT2D eigenvalue weighted by atomic mass is 10.1. The first-order valence-electron chi connectivity index (χ1n) is 9.85. The van der Waals surface area contributed by atoms with Crippen LogP contribution in [0.4, 0.5) is 4.79 Å². The Morgan fingerprint density at radius 2 is 1.66 bits per heavy atom. The van der Waals surface area contributed by atoms with Crippen molar-refractivity contribution in [2.24, 2.45) is 0 Å². The van der Waals surface area contributed by atoms with Crippen molar-refractivity contribution in [3.05, 3.63) is 70.2 Å². The summed E-state index contributed by atoms with van der Waals surface area (Å²) < 4.78 is 1.02. The van der Waals surface area contributed by atoms with Gasteiger partial charge in [-0.25, -0.2) is 4.79 Å². The first kappa shape index (κ1) is 21.3. The molecular weight excluding hydrogens is 432 g/mol. The number of carbonyl (C=O) groups excluding carboxylic acids is 2. The maximum absolute atomic E-state index is 12.5. The number of urea groups is 1. The molecule has 0 radical (unpaired) electrons. The maximum Gasteiger partial charge on any atom is 0.317 e. The van der Waals surface area contributed by atoms with Crippen molar-refractivity contribution in [1.82, 2.24) is 20.4 Å². The molecular formula is C22H27BrN4O2. The van der Waals surface area contributed by atoms with Crippen molar-refractivity contribution in [1.29, 1.82) is 0 Å². The zero-order chi connectivity index (χ0) is 20.6. The van der Waals surface area contributed by atoms with Gasteiger partial charge in [0.05, 0.1) is 12.6 Å². The van der Waals surface area contributed by atoms with E-state index in [1.165, 1.54) is 0 Å². The Kier molecular flexibility index (Phi) is 7.66. The number of hydrogen-bond acceptors (Lipinski definition) is 3. The first-order valence-corrected chi connectivity index (χ1v) is 10.6. The predicted molar refractivity (Wildman–Crippen MR) is 117 cm³/mol. The van der Waals surface area contributed by atoms with Gasteiger partial charge in [-0.3, -0.25) is 9.69 Å². The standard InChI is InChI=1S/C22H27BrN4O2/c1-17(19-7-9-20(23)10-8-19)25-22(29)27-13-11-26(12-14-27)16-21(28)24-15-18-5-3-2-4-6-18/h2-10,17H,11-16H2,1H3,(H,24,28)(H,25,29). The predicted octanol–water partition coefficient (Wildman–Crippen LogP) is 3.15. The fourth-order valence-electron chi connectivity index (χ4n) is 3.28. The number of amides is 3. The molecule has 2 aromatic rings. The van der Waals surface area contributed by atoms with Crippen molar-refractivity contribution >= 4 is 27.9 Å². The Hall–Kier alpha value is -2.38. The fraction of sp³-hybridized carbons (Fsp3) is 0.364. The van der Waals surface area contributed by atoms with E-state index in [0.717, 1.165) is 15.6 Å². The lowest BCUT2D eigenvalue weighted by molar-refractivity contribution is -0.122. The van der Waals surface area contributed by atoms with Crippen molar-refractivity contribution < 1.29 is 9.59 Å². The summed E-state index contributed by atoms with van der Waals surface area (Å²) >= 11 is 3.42. The number of nitrogens with zero attached hydrogens (tertiary/aromatic N) is 2. The van der Waals surface area contributed by atoms with Crippen LogP contribution in [0.5, 0.6) is 0 Å². The third-order valence-electron chi connectivity index (χ3n) is 5.07. The molecule has 1 aliphatic heterocycles. The first-order chi connectivity index (χ1) is 14.0. The summed E-state index contributed by atoms with van der Waals surface area (Å²) in [5, 5.41) is 6.00. The van der Waals surface area contributed by atoms with E-state index in [2.05, 4.69) is 31.5 Å². The quantitative estimate of drug-likeness (QED) is 0.698. The van der Waals surface area contributed by atoms with Crippen LogP contribution in [0.25, 0.3) is 0 Å². The summed E-state index contributed by atoms with van der Waals surface area (Å²) in [7, 11) is 0. The highest BCUT2D eigenvalue weighted by Crippen LogP contribution is 2.17. The normalized spacial score (nSPS) is 15.6. The van der Waals surface area contributed by atoms with Gasteiger partial charge in [0.2, 0.25) is 5.91 Å². The molecule has 1 heterocycles. The number of halogens is 1. The van der Waals surface area contributed by atoms with Crippen LogP contribution in [-0.4, -0.2) is 54.5 Å². The summed E-state index contributed by atoms with van der Waals surface area (Å²) in [6, 6.07) is 17.7. The molecule has 154 valence electrons. The SMILES string of the molecule is CC(NC(=O)N1CCN(CC(=O)NCc2ccccc2)CC1)c1ccc(Br)cc1. The number of piperazine rings is 1. The summed E-state index contributed by atoms with van der Waals surface area (Å²) in [6.45, 7) is 5.50. The van der Waals surface area contributed by atoms with Gasteiger partial charge >= 0.3 is 6.03 Å². The van der Waals surface area contributed by atoms with Crippen molar-refractivity contribution in [3.63, 3.8) is 0 Å². The molecule has 1 aliphatic rings. The highest BCUT2D eigenvalue weighted by atomic mass is 79.9. The summed E-state index contributed by atoms with van der Waals surface area (Å²) in [5.41, 5.74) is 2.15. The van der Waals surface area contributed by atoms with Gasteiger partial charge in [0.25, 0.3) is 0 Å². The van der Waals surface area contributed by atoms with Crippen LogP contribution in [0.15, 0.2) is 59.1 Å². The zero-order valence-electron chi connectivity index (χ0n) is 16.6. The summed E-state index contributed by atoms with van der Waals surface area (Å²) in [6.07, 6.45) is 0. The van der Waals surface area contributed by atoms with Crippen LogP contribution in [0.3, 0.4) is 0 Å². The molecule has 2 aromatic carbocycles. The molecule has 3 rings (SSSR count). The topological polar surface area (TPSA) is 64.7 Å². The van der Waals surface area contributed by atoms with Gasteiger partial charge in [-0.2, -0.15) is 0 Å². The summed E-state index contributed by atoms with van der Waals surface area (Å²) in [5.74, 6) is 0.00983. The van der Waals surface area contributed by atoms with E-state index < -0.39 is 0 Å². The second-order valence-corrected chi connectivity index (χ2v) is 8.16. The molecule has 0 saturated carbocycles. The van der Waals surface area contributed by atoms with Gasteiger partial charge in [0.1, 0.15) is 0 Å². The molecule has 1 atom stereocenters. The van der Waals surface area contributed by atoms with Crippen molar-refractivity contribution in [3.8, 4) is 0 Å². The van der Waals surface area contributed by atoms with Gasteiger partial charge in [0, 0.05) is 37.2 Å². The molecule has 1 fully saturated rings. The van der Waals surface area contributed by atoms with Crippen LogP contribution < -0.4 is 10.6 Å². The van der Waals surface area contributed by atoms with E-state index in [9.17, 15) is 9.59 Å². The molecule has 0 aromatic heterocycles. The lowest BCUT2D eigenvalue weighted by Crippen LogP contribution is -2.53. The Labute approximate surface area is 180 Å². The van der Waals surface area contributed by atoms with E-state index in [1.54, 1.807) is 0 Å². The van der Waals surface area contributed by atoms with E-state index in [1.807, 2.05) is 66.4 Å². The minimum atomic E-state index is -0.0615. The number of rotatable bonds is 6. The highest BCUT2D eigenvalue weighted by Gasteiger charge is 2.23. The van der Waals surface area contributed by atoms with E-state index in [0.29, 0.717) is 39.3 Å². The van der Waals surface area contributed by atoms with Gasteiger partial charge < -0.3 is 15.5 Å². The molecule has 0 bridgehead atoms. The molecule has 29 heavy (non-hydrogen) atoms. The minimum Gasteiger partial charge on any atom is -0.351 e. The van der Waals surface area contributed by atoms with E-state index in [4.69, 9.17) is 0 Å². The number of benzene rings is 2. The Bertz CT molecular complexity index is 805. The second-order valence-electron chi connectivity index (χ2n) is 7.25. The molecule has 1 saturated heterocycles. The van der Waals surface area contributed by atoms with Gasteiger partial charge in [-0.05, 0) is 30.2 Å². The van der Waals surface area contributed by atoms with Crippen LogP contribution in [0.2, 0.25) is 0 Å². The van der Waals surface area contributed by atoms with Gasteiger partial charge in [-0.1, -0.05) is 58.4 Å². The maximum atomic E-state index is 12.5. The molecule has 1 unspecified atom stereocenters. The highest BCUT2D eigenvalue weighted by molar-refractivity contribution is 9.10. The third kappa shape index (κ3) is 6.58. The fourth-order valence-corrected chi connectivity index (χ4v) is 3.54. The minimum absolute atomic E-state index is 0.00983. The average molecular weight is 459 g/mol. The number of nitrogens with one attached hydrogen (secondary N) is 2. The molecule has 0 aliphatic carbocycles. The van der Waals surface area contributed by atoms with Crippen LogP contribution >= 0.6 is 15.9 Å². The Morgan fingerprint density at radius 1 is 1.00 bits per heavy atom. The lowest BCUT2D eigenvalue weighted by Gasteiger charge is -2.35. The smallest absolute Gasteiger partial charge is 0.317 e. The molecule has 2 N–H and O–H groups in total. The Balaban J connectivity index is 1.38. The van der Waals surface area contributed by atoms with E-state index in [-0.39, 0.29) is 18.0 Å². The monoisotopic (exact) mass is 458 g/mol.